The molecule has 4 heteroatoms. The van der Waals surface area contributed by atoms with Gasteiger partial charge in [0.05, 0.1) is 11.5 Å². The number of nitriles is 1. The number of amides is 1. The lowest BCUT2D eigenvalue weighted by molar-refractivity contribution is -0.118. The summed E-state index contributed by atoms with van der Waals surface area (Å²) in [5.74, 6) is -0.301. The summed E-state index contributed by atoms with van der Waals surface area (Å²) in [6.07, 6.45) is 1.11. The molecule has 1 amide bonds. The lowest BCUT2D eigenvalue weighted by atomic mass is 9.91. The molecule has 0 aliphatic carbocycles. The smallest absolute Gasteiger partial charge is 0.218 e. The first kappa shape index (κ1) is 12.9. The van der Waals surface area contributed by atoms with Crippen LogP contribution in [-0.2, 0) is 4.79 Å². The second kappa shape index (κ2) is 5.61. The van der Waals surface area contributed by atoms with Gasteiger partial charge in [0.25, 0.3) is 0 Å². The van der Waals surface area contributed by atoms with Gasteiger partial charge >= 0.3 is 0 Å². The van der Waals surface area contributed by atoms with E-state index >= 15 is 0 Å². The lowest BCUT2D eigenvalue weighted by Gasteiger charge is -2.17. The van der Waals surface area contributed by atoms with Gasteiger partial charge in [-0.1, -0.05) is 0 Å². The molecule has 1 atom stereocenters. The zero-order valence-electron chi connectivity index (χ0n) is 9.13. The number of carbonyl (C=O) groups is 1. The molecule has 3 N–H and O–H groups in total. The van der Waals surface area contributed by atoms with Gasteiger partial charge in [-0.05, 0) is 33.7 Å². The number of carbonyl (C=O) groups excluding carboxylic acids is 1. The average molecular weight is 197 g/mol. The van der Waals surface area contributed by atoms with Gasteiger partial charge in [0.2, 0.25) is 5.91 Å². The van der Waals surface area contributed by atoms with Gasteiger partial charge in [-0.2, -0.15) is 5.26 Å². The second-order valence-corrected chi connectivity index (χ2v) is 4.27. The minimum atomic E-state index is -0.306. The van der Waals surface area contributed by atoms with E-state index < -0.39 is 0 Å². The van der Waals surface area contributed by atoms with Crippen molar-refractivity contribution in [2.45, 2.75) is 39.7 Å². The van der Waals surface area contributed by atoms with E-state index in [0.29, 0.717) is 6.42 Å². The van der Waals surface area contributed by atoms with Crippen molar-refractivity contribution in [3.05, 3.63) is 0 Å². The molecule has 0 heterocycles. The zero-order valence-corrected chi connectivity index (χ0v) is 9.13. The highest BCUT2D eigenvalue weighted by Crippen LogP contribution is 2.17. The SMILES string of the molecule is CC(CC(N)=O)NCCC(C)(C)C#N. The Morgan fingerprint density at radius 2 is 2.21 bits per heavy atom. The predicted octanol–water partition coefficient (Wildman–Crippen LogP) is 0.780. The fraction of sp³-hybridized carbons (Fsp3) is 0.800. The van der Waals surface area contributed by atoms with Crippen molar-refractivity contribution in [3.8, 4) is 6.07 Å². The van der Waals surface area contributed by atoms with Crippen molar-refractivity contribution in [1.82, 2.24) is 5.32 Å². The first-order valence-corrected chi connectivity index (χ1v) is 4.80. The van der Waals surface area contributed by atoms with E-state index in [1.54, 1.807) is 0 Å². The van der Waals surface area contributed by atoms with E-state index in [4.69, 9.17) is 11.0 Å². The molecule has 80 valence electrons. The fourth-order valence-electron chi connectivity index (χ4n) is 1.06. The Bertz CT molecular complexity index is 230. The van der Waals surface area contributed by atoms with Gasteiger partial charge in [0.1, 0.15) is 0 Å². The Hall–Kier alpha value is -1.08. The van der Waals surface area contributed by atoms with Crippen molar-refractivity contribution in [3.63, 3.8) is 0 Å². The Balaban J connectivity index is 3.65. The molecular weight excluding hydrogens is 178 g/mol. The Kier molecular flexibility index (Phi) is 5.18. The summed E-state index contributed by atoms with van der Waals surface area (Å²) in [5.41, 5.74) is 4.74. The van der Waals surface area contributed by atoms with Crippen LogP contribution in [-0.4, -0.2) is 18.5 Å². The van der Waals surface area contributed by atoms with Gasteiger partial charge in [0, 0.05) is 12.5 Å². The molecule has 0 aliphatic rings. The van der Waals surface area contributed by atoms with E-state index in [9.17, 15) is 4.79 Å². The van der Waals surface area contributed by atoms with Crippen molar-refractivity contribution >= 4 is 5.91 Å². The number of hydrogen-bond acceptors (Lipinski definition) is 3. The Labute approximate surface area is 85.5 Å². The molecule has 0 aromatic rings. The first-order valence-electron chi connectivity index (χ1n) is 4.80. The van der Waals surface area contributed by atoms with Crippen molar-refractivity contribution < 1.29 is 4.79 Å². The summed E-state index contributed by atoms with van der Waals surface area (Å²) in [7, 11) is 0. The Morgan fingerprint density at radius 3 is 2.64 bits per heavy atom. The minimum absolute atomic E-state index is 0.0852. The molecule has 0 aromatic heterocycles. The van der Waals surface area contributed by atoms with Crippen LogP contribution in [0, 0.1) is 16.7 Å². The van der Waals surface area contributed by atoms with E-state index in [-0.39, 0.29) is 17.4 Å². The molecule has 0 saturated carbocycles. The zero-order chi connectivity index (χ0) is 11.2. The molecule has 0 spiro atoms. The van der Waals surface area contributed by atoms with Crippen LogP contribution < -0.4 is 11.1 Å². The molecule has 0 aromatic carbocycles. The number of nitrogens with two attached hydrogens (primary N) is 1. The quantitative estimate of drug-likeness (QED) is 0.660. The maximum atomic E-state index is 10.6. The number of hydrogen-bond donors (Lipinski definition) is 2. The van der Waals surface area contributed by atoms with Gasteiger partial charge in [-0.25, -0.2) is 0 Å². The number of nitrogens with one attached hydrogen (secondary N) is 1. The van der Waals surface area contributed by atoms with Gasteiger partial charge in [0.15, 0.2) is 0 Å². The maximum Gasteiger partial charge on any atom is 0.218 e. The minimum Gasteiger partial charge on any atom is -0.370 e. The van der Waals surface area contributed by atoms with Gasteiger partial charge in [-0.3, -0.25) is 4.79 Å². The van der Waals surface area contributed by atoms with Crippen LogP contribution in [0.15, 0.2) is 0 Å². The fourth-order valence-corrected chi connectivity index (χ4v) is 1.06. The standard InChI is InChI=1S/C10H19N3O/c1-8(6-9(12)14)13-5-4-10(2,3)7-11/h8,13H,4-6H2,1-3H3,(H2,12,14). The molecule has 0 rings (SSSR count). The van der Waals surface area contributed by atoms with E-state index in [1.165, 1.54) is 0 Å². The van der Waals surface area contributed by atoms with E-state index in [2.05, 4.69) is 11.4 Å². The highest BCUT2D eigenvalue weighted by Gasteiger charge is 2.16. The molecule has 14 heavy (non-hydrogen) atoms. The highest BCUT2D eigenvalue weighted by molar-refractivity contribution is 5.74. The molecule has 0 saturated heterocycles. The van der Waals surface area contributed by atoms with Crippen LogP contribution >= 0.6 is 0 Å². The Morgan fingerprint density at radius 1 is 1.64 bits per heavy atom. The number of rotatable bonds is 6. The summed E-state index contributed by atoms with van der Waals surface area (Å²) >= 11 is 0. The summed E-state index contributed by atoms with van der Waals surface area (Å²) in [4.78, 5) is 10.6. The van der Waals surface area contributed by atoms with E-state index in [0.717, 1.165) is 13.0 Å². The summed E-state index contributed by atoms with van der Waals surface area (Å²) in [6.45, 7) is 6.43. The van der Waals surface area contributed by atoms with Crippen LogP contribution in [0.3, 0.4) is 0 Å². The first-order chi connectivity index (χ1) is 6.37. The number of primary amides is 1. The van der Waals surface area contributed by atoms with Gasteiger partial charge < -0.3 is 11.1 Å². The maximum absolute atomic E-state index is 10.6. The lowest BCUT2D eigenvalue weighted by Crippen LogP contribution is -2.33. The van der Waals surface area contributed by atoms with Crippen LogP contribution in [0.1, 0.15) is 33.6 Å². The van der Waals surface area contributed by atoms with Crippen LogP contribution in [0.25, 0.3) is 0 Å². The third kappa shape index (κ3) is 6.44. The van der Waals surface area contributed by atoms with Crippen LogP contribution in [0.4, 0.5) is 0 Å². The number of nitrogens with zero attached hydrogens (tertiary/aromatic N) is 1. The van der Waals surface area contributed by atoms with Crippen molar-refractivity contribution in [1.29, 1.82) is 5.26 Å². The third-order valence-corrected chi connectivity index (χ3v) is 2.05. The molecule has 0 radical (unpaired) electrons. The predicted molar refractivity (Wildman–Crippen MR) is 55.3 cm³/mol. The van der Waals surface area contributed by atoms with Crippen LogP contribution in [0.2, 0.25) is 0 Å². The normalized spacial score (nSPS) is 13.3. The highest BCUT2D eigenvalue weighted by atomic mass is 16.1. The molecular formula is C10H19N3O. The molecule has 4 nitrogen and oxygen atoms in total. The average Bonchev–Trinajstić information content (AvgIpc) is 2.02. The van der Waals surface area contributed by atoms with Crippen molar-refractivity contribution in [2.24, 2.45) is 11.1 Å². The summed E-state index contributed by atoms with van der Waals surface area (Å²) in [5, 5.41) is 11.9. The summed E-state index contributed by atoms with van der Waals surface area (Å²) in [6, 6.07) is 2.31. The van der Waals surface area contributed by atoms with Gasteiger partial charge in [-0.15, -0.1) is 0 Å². The topological polar surface area (TPSA) is 78.9 Å². The molecule has 1 unspecified atom stereocenters. The van der Waals surface area contributed by atoms with Crippen LogP contribution in [0.5, 0.6) is 0 Å². The monoisotopic (exact) mass is 197 g/mol. The van der Waals surface area contributed by atoms with Crippen molar-refractivity contribution in [2.75, 3.05) is 6.54 Å². The molecule has 0 aliphatic heterocycles. The molecule has 0 fully saturated rings. The van der Waals surface area contributed by atoms with E-state index in [1.807, 2.05) is 20.8 Å². The second-order valence-electron chi connectivity index (χ2n) is 4.27. The largest absolute Gasteiger partial charge is 0.370 e. The third-order valence-electron chi connectivity index (χ3n) is 2.05. The molecule has 0 bridgehead atoms. The summed E-state index contributed by atoms with van der Waals surface area (Å²) < 4.78 is 0.